The van der Waals surface area contributed by atoms with E-state index in [1.54, 1.807) is 24.3 Å². The standard InChI is InChI=1S/C17H17ClFN3O3/c1-11(23)21-13-3-2-4-14(10-13)22-17(24)20-7-8-25-16-6-5-12(19)9-15(16)18/h2-6,9-10H,7-8H2,1H3,(H,21,23)(H2,20,22,24). The molecule has 3 amide bonds. The number of ether oxygens (including phenoxy) is 1. The number of urea groups is 1. The first-order valence-electron chi connectivity index (χ1n) is 7.44. The molecule has 0 bridgehead atoms. The summed E-state index contributed by atoms with van der Waals surface area (Å²) in [5, 5.41) is 8.05. The third kappa shape index (κ3) is 6.31. The smallest absolute Gasteiger partial charge is 0.319 e. The van der Waals surface area contributed by atoms with Gasteiger partial charge in [0.05, 0.1) is 11.6 Å². The Morgan fingerprint density at radius 1 is 1.12 bits per heavy atom. The second-order valence-corrected chi connectivity index (χ2v) is 5.47. The molecule has 6 nitrogen and oxygen atoms in total. The summed E-state index contributed by atoms with van der Waals surface area (Å²) >= 11 is 5.83. The van der Waals surface area contributed by atoms with Crippen LogP contribution in [-0.4, -0.2) is 25.1 Å². The third-order valence-electron chi connectivity index (χ3n) is 2.98. The Balaban J connectivity index is 1.76. The molecule has 8 heteroatoms. The number of anilines is 2. The van der Waals surface area contributed by atoms with E-state index in [-0.39, 0.29) is 24.1 Å². The van der Waals surface area contributed by atoms with Gasteiger partial charge in [-0.15, -0.1) is 0 Å². The van der Waals surface area contributed by atoms with Crippen LogP contribution in [0.15, 0.2) is 42.5 Å². The molecular weight excluding hydrogens is 349 g/mol. The highest BCUT2D eigenvalue weighted by atomic mass is 35.5. The Hall–Kier alpha value is -2.80. The molecule has 0 aromatic heterocycles. The monoisotopic (exact) mass is 365 g/mol. The van der Waals surface area contributed by atoms with Crippen LogP contribution in [0.1, 0.15) is 6.92 Å². The van der Waals surface area contributed by atoms with Crippen LogP contribution < -0.4 is 20.7 Å². The summed E-state index contributed by atoms with van der Waals surface area (Å²) in [5.74, 6) is -0.303. The molecule has 0 radical (unpaired) electrons. The number of carbonyl (C=O) groups excluding carboxylic acids is 2. The van der Waals surface area contributed by atoms with Crippen LogP contribution in [-0.2, 0) is 4.79 Å². The van der Waals surface area contributed by atoms with Crippen molar-refractivity contribution in [2.24, 2.45) is 0 Å². The minimum absolute atomic E-state index is 0.166. The summed E-state index contributed by atoms with van der Waals surface area (Å²) in [6.07, 6.45) is 0. The number of rotatable bonds is 6. The van der Waals surface area contributed by atoms with E-state index in [4.69, 9.17) is 16.3 Å². The zero-order chi connectivity index (χ0) is 18.2. The SMILES string of the molecule is CC(=O)Nc1cccc(NC(=O)NCCOc2ccc(F)cc2Cl)c1. The average molecular weight is 366 g/mol. The Morgan fingerprint density at radius 2 is 1.84 bits per heavy atom. The molecule has 3 N–H and O–H groups in total. The van der Waals surface area contributed by atoms with E-state index in [1.807, 2.05) is 0 Å². The van der Waals surface area contributed by atoms with Crippen LogP contribution in [0.5, 0.6) is 5.75 Å². The van der Waals surface area contributed by atoms with Crippen molar-refractivity contribution in [3.8, 4) is 5.75 Å². The van der Waals surface area contributed by atoms with Crippen LogP contribution in [0.25, 0.3) is 0 Å². The fraction of sp³-hybridized carbons (Fsp3) is 0.176. The number of hydrogen-bond acceptors (Lipinski definition) is 3. The summed E-state index contributed by atoms with van der Waals surface area (Å²) in [6.45, 7) is 1.80. The largest absolute Gasteiger partial charge is 0.490 e. The van der Waals surface area contributed by atoms with Crippen molar-refractivity contribution in [1.29, 1.82) is 0 Å². The van der Waals surface area contributed by atoms with Crippen molar-refractivity contribution < 1.29 is 18.7 Å². The Labute approximate surface area is 149 Å². The van der Waals surface area contributed by atoms with Crippen LogP contribution in [0.4, 0.5) is 20.6 Å². The molecule has 2 aromatic rings. The lowest BCUT2D eigenvalue weighted by Crippen LogP contribution is -2.32. The van der Waals surface area contributed by atoms with Crippen LogP contribution >= 0.6 is 11.6 Å². The Bertz CT molecular complexity index is 771. The normalized spacial score (nSPS) is 10.0. The number of hydrogen-bond donors (Lipinski definition) is 3. The summed E-state index contributed by atoms with van der Waals surface area (Å²) in [5.41, 5.74) is 1.12. The first-order valence-corrected chi connectivity index (χ1v) is 7.82. The van der Waals surface area contributed by atoms with E-state index in [1.165, 1.54) is 19.1 Å². The predicted octanol–water partition coefficient (Wildman–Crippen LogP) is 3.64. The average Bonchev–Trinajstić information content (AvgIpc) is 2.53. The summed E-state index contributed by atoms with van der Waals surface area (Å²) in [4.78, 5) is 22.9. The molecule has 0 aliphatic heterocycles. The van der Waals surface area contributed by atoms with Gasteiger partial charge in [-0.2, -0.15) is 0 Å². The van der Waals surface area contributed by atoms with E-state index in [9.17, 15) is 14.0 Å². The molecule has 0 unspecified atom stereocenters. The highest BCUT2D eigenvalue weighted by Gasteiger charge is 2.05. The minimum Gasteiger partial charge on any atom is -0.490 e. The van der Waals surface area contributed by atoms with Gasteiger partial charge in [0.2, 0.25) is 5.91 Å². The van der Waals surface area contributed by atoms with E-state index in [2.05, 4.69) is 16.0 Å². The zero-order valence-corrected chi connectivity index (χ0v) is 14.2. The summed E-state index contributed by atoms with van der Waals surface area (Å²) < 4.78 is 18.3. The number of amides is 3. The molecule has 0 aliphatic carbocycles. The third-order valence-corrected chi connectivity index (χ3v) is 3.28. The highest BCUT2D eigenvalue weighted by Crippen LogP contribution is 2.24. The Morgan fingerprint density at radius 3 is 2.52 bits per heavy atom. The van der Waals surface area contributed by atoms with Gasteiger partial charge in [-0.25, -0.2) is 9.18 Å². The van der Waals surface area contributed by atoms with Crippen LogP contribution in [0, 0.1) is 5.82 Å². The second kappa shape index (κ2) is 8.89. The first kappa shape index (κ1) is 18.5. The number of benzene rings is 2. The van der Waals surface area contributed by atoms with Gasteiger partial charge in [0.25, 0.3) is 0 Å². The fourth-order valence-electron chi connectivity index (χ4n) is 1.97. The van der Waals surface area contributed by atoms with Gasteiger partial charge >= 0.3 is 6.03 Å². The first-order chi connectivity index (χ1) is 11.9. The topological polar surface area (TPSA) is 79.5 Å². The summed E-state index contributed by atoms with van der Waals surface area (Å²) in [6, 6.07) is 10.1. The van der Waals surface area contributed by atoms with Gasteiger partial charge in [0, 0.05) is 18.3 Å². The molecule has 0 saturated heterocycles. The van der Waals surface area contributed by atoms with Gasteiger partial charge in [-0.05, 0) is 36.4 Å². The molecule has 132 valence electrons. The number of halogens is 2. The van der Waals surface area contributed by atoms with Gasteiger partial charge in [-0.1, -0.05) is 17.7 Å². The van der Waals surface area contributed by atoms with Gasteiger partial charge < -0.3 is 20.7 Å². The molecule has 2 aromatic carbocycles. The van der Waals surface area contributed by atoms with E-state index in [0.717, 1.165) is 6.07 Å². The molecule has 0 heterocycles. The maximum atomic E-state index is 12.9. The van der Waals surface area contributed by atoms with Crippen LogP contribution in [0.2, 0.25) is 5.02 Å². The zero-order valence-electron chi connectivity index (χ0n) is 13.4. The van der Waals surface area contributed by atoms with Crippen molar-refractivity contribution in [3.05, 3.63) is 53.3 Å². The van der Waals surface area contributed by atoms with Crippen molar-refractivity contribution in [3.63, 3.8) is 0 Å². The van der Waals surface area contributed by atoms with Gasteiger partial charge in [0.1, 0.15) is 18.2 Å². The van der Waals surface area contributed by atoms with E-state index < -0.39 is 11.8 Å². The maximum Gasteiger partial charge on any atom is 0.319 e. The van der Waals surface area contributed by atoms with Crippen molar-refractivity contribution in [2.75, 3.05) is 23.8 Å². The lowest BCUT2D eigenvalue weighted by molar-refractivity contribution is -0.114. The maximum absolute atomic E-state index is 12.9. The van der Waals surface area contributed by atoms with Gasteiger partial charge in [-0.3, -0.25) is 4.79 Å². The number of nitrogens with one attached hydrogen (secondary N) is 3. The molecular formula is C17H17ClFN3O3. The molecule has 0 aliphatic rings. The lowest BCUT2D eigenvalue weighted by atomic mass is 10.3. The fourth-order valence-corrected chi connectivity index (χ4v) is 2.19. The molecule has 2 rings (SSSR count). The molecule has 0 fully saturated rings. The molecule has 25 heavy (non-hydrogen) atoms. The van der Waals surface area contributed by atoms with E-state index in [0.29, 0.717) is 17.1 Å². The van der Waals surface area contributed by atoms with E-state index >= 15 is 0 Å². The van der Waals surface area contributed by atoms with Crippen molar-refractivity contribution >= 4 is 34.9 Å². The lowest BCUT2D eigenvalue weighted by Gasteiger charge is -2.11. The molecule has 0 saturated carbocycles. The highest BCUT2D eigenvalue weighted by molar-refractivity contribution is 6.32. The van der Waals surface area contributed by atoms with Crippen LogP contribution in [0.3, 0.4) is 0 Å². The molecule has 0 spiro atoms. The predicted molar refractivity (Wildman–Crippen MR) is 94.7 cm³/mol. The second-order valence-electron chi connectivity index (χ2n) is 5.07. The molecule has 0 atom stereocenters. The Kier molecular flexibility index (Phi) is 6.59. The number of carbonyl (C=O) groups is 2. The van der Waals surface area contributed by atoms with Gasteiger partial charge in [0.15, 0.2) is 0 Å². The van der Waals surface area contributed by atoms with Crippen molar-refractivity contribution in [1.82, 2.24) is 5.32 Å². The quantitative estimate of drug-likeness (QED) is 0.684. The summed E-state index contributed by atoms with van der Waals surface area (Å²) in [7, 11) is 0. The minimum atomic E-state index is -0.448. The van der Waals surface area contributed by atoms with Crippen molar-refractivity contribution in [2.45, 2.75) is 6.92 Å².